The first-order chi connectivity index (χ1) is 15.6. The molecule has 2 amide bonds. The van der Waals surface area contributed by atoms with Crippen LogP contribution in [0.3, 0.4) is 0 Å². The molecular weight excluding hydrogens is 484 g/mol. The molecular formula is C25H35BrN4O3. The molecule has 1 N–H and O–H groups in total. The standard InChI is InChI=1S/C25H35BrN4O3/c1-24(2,3)33-23(32)30-18-14-25(15-19(25)30)12-8-6-5-7-9-13-29(4)16-17-10-11-20(26)27-21(17)28-22(18)31/h8,10-12,18-19H,5-7,9,13-16H2,1-4H3,(H,27,28,31)/b12-8-/t18-,19+,25-/m0/s1. The number of nitrogens with zero attached hydrogens (tertiary/aromatic N) is 3. The van der Waals surface area contributed by atoms with Gasteiger partial charge in [-0.25, -0.2) is 9.78 Å². The summed E-state index contributed by atoms with van der Waals surface area (Å²) in [4.78, 5) is 35.1. The van der Waals surface area contributed by atoms with Crippen molar-refractivity contribution in [2.75, 3.05) is 18.9 Å². The van der Waals surface area contributed by atoms with Crippen LogP contribution in [0.5, 0.6) is 0 Å². The fraction of sp³-hybridized carbons (Fsp3) is 0.640. The van der Waals surface area contributed by atoms with E-state index in [1.807, 2.05) is 32.9 Å². The Hall–Kier alpha value is -1.93. The Kier molecular flexibility index (Phi) is 6.87. The number of aromatic nitrogens is 1. The molecule has 2 bridgehead atoms. The lowest BCUT2D eigenvalue weighted by molar-refractivity contribution is -0.121. The van der Waals surface area contributed by atoms with Gasteiger partial charge in [-0.15, -0.1) is 0 Å². The van der Waals surface area contributed by atoms with E-state index in [2.05, 4.69) is 50.3 Å². The molecule has 1 aromatic heterocycles. The predicted octanol–water partition coefficient (Wildman–Crippen LogP) is 5.11. The van der Waals surface area contributed by atoms with Gasteiger partial charge in [-0.1, -0.05) is 24.6 Å². The van der Waals surface area contributed by atoms with E-state index in [0.717, 1.165) is 37.8 Å². The van der Waals surface area contributed by atoms with Gasteiger partial charge < -0.3 is 15.0 Å². The molecule has 3 atom stereocenters. The maximum Gasteiger partial charge on any atom is 0.411 e. The highest BCUT2D eigenvalue weighted by Crippen LogP contribution is 2.61. The molecule has 3 aliphatic rings. The second kappa shape index (κ2) is 9.37. The lowest BCUT2D eigenvalue weighted by Gasteiger charge is -2.30. The quantitative estimate of drug-likeness (QED) is 0.381. The van der Waals surface area contributed by atoms with Gasteiger partial charge in [0, 0.05) is 23.6 Å². The molecule has 0 aromatic carbocycles. The van der Waals surface area contributed by atoms with Crippen molar-refractivity contribution in [2.45, 2.75) is 83.5 Å². The molecule has 8 heteroatoms. The van der Waals surface area contributed by atoms with Crippen molar-refractivity contribution < 1.29 is 14.3 Å². The van der Waals surface area contributed by atoms with Gasteiger partial charge in [-0.3, -0.25) is 9.69 Å². The number of hydrogen-bond donors (Lipinski definition) is 1. The zero-order valence-corrected chi connectivity index (χ0v) is 21.7. The number of anilines is 1. The summed E-state index contributed by atoms with van der Waals surface area (Å²) < 4.78 is 6.36. The average molecular weight is 519 g/mol. The molecule has 1 saturated heterocycles. The van der Waals surface area contributed by atoms with Crippen LogP contribution in [-0.4, -0.2) is 58.1 Å². The number of halogens is 1. The third-order valence-electron chi connectivity index (χ3n) is 6.72. The third-order valence-corrected chi connectivity index (χ3v) is 7.16. The number of carbonyl (C=O) groups is 2. The first-order valence-corrected chi connectivity index (χ1v) is 12.7. The van der Waals surface area contributed by atoms with Crippen LogP contribution in [-0.2, 0) is 16.1 Å². The van der Waals surface area contributed by atoms with Crippen molar-refractivity contribution in [2.24, 2.45) is 5.41 Å². The van der Waals surface area contributed by atoms with Gasteiger partial charge >= 0.3 is 6.09 Å². The summed E-state index contributed by atoms with van der Waals surface area (Å²) in [6.07, 6.45) is 10.1. The largest absolute Gasteiger partial charge is 0.444 e. The molecule has 180 valence electrons. The summed E-state index contributed by atoms with van der Waals surface area (Å²) in [6, 6.07) is 3.32. The highest BCUT2D eigenvalue weighted by molar-refractivity contribution is 9.10. The normalized spacial score (nSPS) is 29.6. The summed E-state index contributed by atoms with van der Waals surface area (Å²) in [7, 11) is 2.09. The first-order valence-electron chi connectivity index (χ1n) is 11.9. The average Bonchev–Trinajstić information content (AvgIpc) is 3.30. The fourth-order valence-corrected chi connectivity index (χ4v) is 5.32. The molecule has 0 radical (unpaired) electrons. The maximum absolute atomic E-state index is 13.5. The number of pyridine rings is 1. The number of rotatable bonds is 0. The van der Waals surface area contributed by atoms with E-state index in [0.29, 0.717) is 23.4 Å². The zero-order valence-electron chi connectivity index (χ0n) is 20.1. The minimum atomic E-state index is -0.618. The molecule has 1 aliphatic carbocycles. The Morgan fingerprint density at radius 3 is 2.79 bits per heavy atom. The Morgan fingerprint density at radius 2 is 2.03 bits per heavy atom. The minimum Gasteiger partial charge on any atom is -0.444 e. The summed E-state index contributed by atoms with van der Waals surface area (Å²) in [5.74, 6) is 0.338. The fourth-order valence-electron chi connectivity index (χ4n) is 5.02. The van der Waals surface area contributed by atoms with Crippen LogP contribution in [0.15, 0.2) is 28.9 Å². The number of carbonyl (C=O) groups excluding carboxylic acids is 2. The van der Waals surface area contributed by atoms with E-state index in [1.54, 1.807) is 4.90 Å². The van der Waals surface area contributed by atoms with Crippen LogP contribution in [0.1, 0.15) is 64.9 Å². The molecule has 3 heterocycles. The van der Waals surface area contributed by atoms with E-state index in [4.69, 9.17) is 4.74 Å². The van der Waals surface area contributed by atoms with E-state index in [9.17, 15) is 9.59 Å². The second-order valence-electron chi connectivity index (χ2n) is 10.7. The van der Waals surface area contributed by atoms with Crippen molar-refractivity contribution in [3.05, 3.63) is 34.5 Å². The summed E-state index contributed by atoms with van der Waals surface area (Å²) in [6.45, 7) is 7.25. The van der Waals surface area contributed by atoms with Gasteiger partial charge in [-0.05, 0) is 88.5 Å². The molecule has 1 saturated carbocycles. The first kappa shape index (κ1) is 24.2. The maximum atomic E-state index is 13.5. The zero-order chi connectivity index (χ0) is 23.8. The molecule has 2 fully saturated rings. The van der Waals surface area contributed by atoms with Crippen molar-refractivity contribution in [1.29, 1.82) is 0 Å². The topological polar surface area (TPSA) is 74.8 Å². The number of nitrogens with one attached hydrogen (secondary N) is 1. The van der Waals surface area contributed by atoms with Gasteiger partial charge in [0.1, 0.15) is 22.1 Å². The monoisotopic (exact) mass is 518 g/mol. The van der Waals surface area contributed by atoms with E-state index < -0.39 is 17.7 Å². The van der Waals surface area contributed by atoms with E-state index >= 15 is 0 Å². The van der Waals surface area contributed by atoms with Gasteiger partial charge in [0.2, 0.25) is 5.91 Å². The Labute approximate surface area is 205 Å². The SMILES string of the molecule is CN1CCCCC/C=C\[C@@]23C[C@@H](C(=O)Nc4nc(Br)ccc4C1)N(C(=O)OC(C)(C)C)[C@@H]2C3. The lowest BCUT2D eigenvalue weighted by Crippen LogP contribution is -2.47. The number of allylic oxidation sites excluding steroid dienone is 1. The van der Waals surface area contributed by atoms with Crippen LogP contribution in [0.2, 0.25) is 0 Å². The number of piperidine rings is 1. The van der Waals surface area contributed by atoms with Crippen LogP contribution in [0.4, 0.5) is 10.6 Å². The molecule has 4 rings (SSSR count). The Balaban J connectivity index is 1.64. The molecule has 7 nitrogen and oxygen atoms in total. The minimum absolute atomic E-state index is 0.0103. The van der Waals surface area contributed by atoms with Crippen molar-refractivity contribution in [3.8, 4) is 0 Å². The van der Waals surface area contributed by atoms with Gasteiger partial charge in [0.15, 0.2) is 0 Å². The highest BCUT2D eigenvalue weighted by atomic mass is 79.9. The van der Waals surface area contributed by atoms with Gasteiger partial charge in [-0.2, -0.15) is 0 Å². The van der Waals surface area contributed by atoms with Crippen LogP contribution >= 0.6 is 15.9 Å². The van der Waals surface area contributed by atoms with E-state index in [-0.39, 0.29) is 17.4 Å². The van der Waals surface area contributed by atoms with Crippen molar-refractivity contribution in [1.82, 2.24) is 14.8 Å². The highest BCUT2D eigenvalue weighted by Gasteiger charge is 2.66. The van der Waals surface area contributed by atoms with Gasteiger partial charge in [0.05, 0.1) is 0 Å². The summed E-state index contributed by atoms with van der Waals surface area (Å²) >= 11 is 3.43. The predicted molar refractivity (Wildman–Crippen MR) is 132 cm³/mol. The van der Waals surface area contributed by atoms with Crippen LogP contribution < -0.4 is 5.32 Å². The van der Waals surface area contributed by atoms with E-state index in [1.165, 1.54) is 6.42 Å². The third kappa shape index (κ3) is 5.60. The second-order valence-corrected chi connectivity index (χ2v) is 11.5. The van der Waals surface area contributed by atoms with Crippen molar-refractivity contribution >= 4 is 33.7 Å². The molecule has 0 unspecified atom stereocenters. The Bertz CT molecular complexity index is 944. The smallest absolute Gasteiger partial charge is 0.411 e. The summed E-state index contributed by atoms with van der Waals surface area (Å²) in [5.41, 5.74) is 0.221. The number of fused-ring (bicyclic) bond motifs is 2. The van der Waals surface area contributed by atoms with Crippen LogP contribution in [0.25, 0.3) is 0 Å². The van der Waals surface area contributed by atoms with Crippen LogP contribution in [0, 0.1) is 5.41 Å². The Morgan fingerprint density at radius 1 is 1.24 bits per heavy atom. The van der Waals surface area contributed by atoms with Crippen molar-refractivity contribution in [3.63, 3.8) is 0 Å². The number of hydrogen-bond acceptors (Lipinski definition) is 5. The number of ether oxygens (including phenoxy) is 1. The number of amides is 2. The number of likely N-dealkylation sites (tertiary alicyclic amines) is 1. The molecule has 33 heavy (non-hydrogen) atoms. The molecule has 2 aliphatic heterocycles. The lowest BCUT2D eigenvalue weighted by atomic mass is 9.97. The molecule has 1 spiro atoms. The summed E-state index contributed by atoms with van der Waals surface area (Å²) in [5, 5.41) is 3.04. The molecule has 1 aromatic rings. The van der Waals surface area contributed by atoms with Gasteiger partial charge in [0.25, 0.3) is 0 Å².